The summed E-state index contributed by atoms with van der Waals surface area (Å²) < 4.78 is 32.7. The van der Waals surface area contributed by atoms with Crippen LogP contribution in [0.3, 0.4) is 0 Å². The van der Waals surface area contributed by atoms with E-state index in [1.807, 2.05) is 78.5 Å². The summed E-state index contributed by atoms with van der Waals surface area (Å²) in [6.45, 7) is 1.78. The van der Waals surface area contributed by atoms with Gasteiger partial charge in [-0.05, 0) is 57.0 Å². The van der Waals surface area contributed by atoms with Gasteiger partial charge in [0.2, 0.25) is 21.8 Å². The lowest BCUT2D eigenvalue weighted by Gasteiger charge is -2.43. The van der Waals surface area contributed by atoms with Gasteiger partial charge in [-0.2, -0.15) is 0 Å². The zero-order valence-corrected chi connectivity index (χ0v) is 25.9. The van der Waals surface area contributed by atoms with Crippen LogP contribution in [0.25, 0.3) is 0 Å². The van der Waals surface area contributed by atoms with E-state index in [1.165, 1.54) is 10.6 Å². The molecule has 2 heterocycles. The number of piperidine rings is 1. The molecular formula is C32H44N4O5S. The fourth-order valence-electron chi connectivity index (χ4n) is 7.03. The average molecular weight is 597 g/mol. The average Bonchev–Trinajstić information content (AvgIpc) is 3.32. The number of anilines is 1. The molecule has 5 rings (SSSR count). The van der Waals surface area contributed by atoms with Crippen LogP contribution < -0.4 is 9.62 Å². The summed E-state index contributed by atoms with van der Waals surface area (Å²) in [4.78, 5) is 31.7. The van der Waals surface area contributed by atoms with Gasteiger partial charge in [0, 0.05) is 25.0 Å². The number of nitrogens with one attached hydrogen (secondary N) is 1. The third-order valence-electron chi connectivity index (χ3n) is 9.58. The molecule has 0 radical (unpaired) electrons. The monoisotopic (exact) mass is 596 g/mol. The minimum absolute atomic E-state index is 0.0787. The second-order valence-electron chi connectivity index (χ2n) is 12.4. The molecule has 0 unspecified atom stereocenters. The van der Waals surface area contributed by atoms with E-state index in [9.17, 15) is 18.0 Å². The van der Waals surface area contributed by atoms with Crippen LogP contribution in [0.1, 0.15) is 56.1 Å². The number of hydrogen-bond donors (Lipinski definition) is 1. The molecule has 2 aromatic rings. The molecule has 10 heteroatoms. The van der Waals surface area contributed by atoms with Crippen molar-refractivity contribution in [3.05, 3.63) is 65.7 Å². The first-order valence-corrected chi connectivity index (χ1v) is 16.9. The Kier molecular flexibility index (Phi) is 8.97. The Morgan fingerprint density at radius 1 is 0.952 bits per heavy atom. The van der Waals surface area contributed by atoms with Crippen molar-refractivity contribution in [1.82, 2.24) is 15.1 Å². The van der Waals surface area contributed by atoms with Crippen molar-refractivity contribution in [2.75, 3.05) is 50.9 Å². The molecule has 2 fully saturated rings. The lowest BCUT2D eigenvalue weighted by molar-refractivity contribution is -0.144. The summed E-state index contributed by atoms with van der Waals surface area (Å²) in [5.74, 6) is -0.266. The number of hydrogen-bond acceptors (Lipinski definition) is 6. The van der Waals surface area contributed by atoms with Crippen molar-refractivity contribution in [2.24, 2.45) is 0 Å². The lowest BCUT2D eigenvalue weighted by atomic mass is 9.74. The van der Waals surface area contributed by atoms with Crippen molar-refractivity contribution in [3.63, 3.8) is 0 Å². The fourth-order valence-corrected chi connectivity index (χ4v) is 8.03. The topological polar surface area (TPSA) is 99.3 Å². The summed E-state index contributed by atoms with van der Waals surface area (Å²) in [6, 6.07) is 16.7. The third-order valence-corrected chi connectivity index (χ3v) is 10.7. The van der Waals surface area contributed by atoms with E-state index in [0.717, 1.165) is 48.9 Å². The summed E-state index contributed by atoms with van der Waals surface area (Å²) in [6.07, 6.45) is 7.14. The molecule has 3 aliphatic rings. The van der Waals surface area contributed by atoms with E-state index in [-0.39, 0.29) is 23.8 Å². The van der Waals surface area contributed by atoms with Gasteiger partial charge in [0.15, 0.2) is 0 Å². The Hall–Kier alpha value is -2.95. The van der Waals surface area contributed by atoms with Crippen LogP contribution in [0.5, 0.6) is 0 Å². The number of ether oxygens (including phenoxy) is 1. The highest BCUT2D eigenvalue weighted by molar-refractivity contribution is 7.92. The van der Waals surface area contributed by atoms with Gasteiger partial charge in [-0.15, -0.1) is 0 Å². The first kappa shape index (κ1) is 30.5. The van der Waals surface area contributed by atoms with E-state index in [1.54, 1.807) is 0 Å². The summed E-state index contributed by atoms with van der Waals surface area (Å²) in [7, 11) is 0.463. The van der Waals surface area contributed by atoms with Gasteiger partial charge < -0.3 is 15.0 Å². The number of nitrogens with zero attached hydrogens (tertiary/aromatic N) is 3. The molecule has 0 aromatic heterocycles. The Balaban J connectivity index is 1.31. The smallest absolute Gasteiger partial charge is 0.247 e. The fraction of sp³-hybridized carbons (Fsp3) is 0.562. The number of likely N-dealkylation sites (N-methyl/N-ethyl adjacent to an activating group) is 1. The maximum Gasteiger partial charge on any atom is 0.247 e. The number of benzene rings is 2. The van der Waals surface area contributed by atoms with Gasteiger partial charge >= 0.3 is 0 Å². The molecule has 1 N–H and O–H groups in total. The first-order valence-electron chi connectivity index (χ1n) is 15.0. The van der Waals surface area contributed by atoms with Gasteiger partial charge in [-0.1, -0.05) is 67.8 Å². The predicted octanol–water partition coefficient (Wildman–Crippen LogP) is 3.29. The van der Waals surface area contributed by atoms with Crippen LogP contribution in [0.4, 0.5) is 5.69 Å². The lowest BCUT2D eigenvalue weighted by Crippen LogP contribution is -2.62. The SMILES string of the molecule is CN(C)C1(C(=O)N[C@H](COCc2ccccc2)C(=O)N2CCC3(CC2)CN(S(C)(=O)=O)c2ccccc23)CCCCC1. The summed E-state index contributed by atoms with van der Waals surface area (Å²) >= 11 is 0. The molecule has 42 heavy (non-hydrogen) atoms. The maximum absolute atomic E-state index is 14.0. The Morgan fingerprint density at radius 2 is 1.60 bits per heavy atom. The second-order valence-corrected chi connectivity index (χ2v) is 14.3. The van der Waals surface area contributed by atoms with Crippen LogP contribution in [-0.2, 0) is 36.4 Å². The number of sulfonamides is 1. The molecule has 1 saturated heterocycles. The molecule has 2 amide bonds. The largest absolute Gasteiger partial charge is 0.374 e. The zero-order valence-electron chi connectivity index (χ0n) is 25.0. The maximum atomic E-state index is 14.0. The van der Waals surface area contributed by atoms with Crippen LogP contribution in [-0.4, -0.2) is 88.2 Å². The third kappa shape index (κ3) is 6.07. The van der Waals surface area contributed by atoms with Crippen molar-refractivity contribution >= 4 is 27.5 Å². The molecule has 1 saturated carbocycles. The van der Waals surface area contributed by atoms with Crippen molar-refractivity contribution in [2.45, 2.75) is 68.5 Å². The predicted molar refractivity (Wildman–Crippen MR) is 164 cm³/mol. The van der Waals surface area contributed by atoms with Gasteiger partial charge in [-0.25, -0.2) is 8.42 Å². The van der Waals surface area contributed by atoms with Crippen molar-refractivity contribution in [1.29, 1.82) is 0 Å². The molecule has 9 nitrogen and oxygen atoms in total. The van der Waals surface area contributed by atoms with Crippen LogP contribution in [0.2, 0.25) is 0 Å². The standard InChI is InChI=1S/C32H44N4O5S/c1-34(2)32(16-10-5-11-17-32)30(38)33-27(23-41-22-25-12-6-4-7-13-25)29(37)35-20-18-31(19-21-35)24-36(42(3,39)40)28-15-9-8-14-26(28)31/h4,6-9,12-15,27H,5,10-11,16-24H2,1-3H3,(H,33,38)/t27-/m1/s1. The van der Waals surface area contributed by atoms with E-state index >= 15 is 0 Å². The van der Waals surface area contributed by atoms with E-state index < -0.39 is 21.6 Å². The minimum atomic E-state index is -3.42. The highest BCUT2D eigenvalue weighted by Crippen LogP contribution is 2.47. The summed E-state index contributed by atoms with van der Waals surface area (Å²) in [5, 5.41) is 3.11. The molecule has 2 aliphatic heterocycles. The minimum Gasteiger partial charge on any atom is -0.374 e. The highest BCUT2D eigenvalue weighted by Gasteiger charge is 2.48. The molecule has 1 atom stereocenters. The zero-order chi connectivity index (χ0) is 30.0. The van der Waals surface area contributed by atoms with E-state index in [4.69, 9.17) is 4.74 Å². The van der Waals surface area contributed by atoms with Gasteiger partial charge in [-0.3, -0.25) is 18.8 Å². The second kappa shape index (κ2) is 12.3. The summed E-state index contributed by atoms with van der Waals surface area (Å²) in [5.41, 5.74) is 1.80. The van der Waals surface area contributed by atoms with E-state index in [0.29, 0.717) is 39.1 Å². The Labute approximate surface area is 250 Å². The molecule has 0 bridgehead atoms. The number of likely N-dealkylation sites (tertiary alicyclic amines) is 1. The molecule has 2 aromatic carbocycles. The number of amides is 2. The molecule has 1 aliphatic carbocycles. The molecule has 228 valence electrons. The number of fused-ring (bicyclic) bond motifs is 2. The number of carbonyl (C=O) groups is 2. The number of carbonyl (C=O) groups excluding carboxylic acids is 2. The number of rotatable bonds is 9. The Morgan fingerprint density at radius 3 is 2.24 bits per heavy atom. The van der Waals surface area contributed by atoms with Gasteiger partial charge in [0.25, 0.3) is 0 Å². The number of para-hydroxylation sites is 1. The van der Waals surface area contributed by atoms with Gasteiger partial charge in [0.1, 0.15) is 6.04 Å². The Bertz CT molecular complexity index is 1370. The quantitative estimate of drug-likeness (QED) is 0.477. The normalized spacial score (nSPS) is 20.4. The van der Waals surface area contributed by atoms with Gasteiger partial charge in [0.05, 0.1) is 30.7 Å². The van der Waals surface area contributed by atoms with Crippen LogP contribution >= 0.6 is 0 Å². The molecular weight excluding hydrogens is 552 g/mol. The van der Waals surface area contributed by atoms with Crippen LogP contribution in [0.15, 0.2) is 54.6 Å². The molecule has 1 spiro atoms. The van der Waals surface area contributed by atoms with Crippen molar-refractivity contribution in [3.8, 4) is 0 Å². The highest BCUT2D eigenvalue weighted by atomic mass is 32.2. The van der Waals surface area contributed by atoms with Crippen molar-refractivity contribution < 1.29 is 22.7 Å². The van der Waals surface area contributed by atoms with Crippen LogP contribution in [0, 0.1) is 0 Å². The first-order chi connectivity index (χ1) is 20.1. The van der Waals surface area contributed by atoms with E-state index in [2.05, 4.69) is 5.32 Å².